The minimum Gasteiger partial charge on any atom is -0.398 e. The Morgan fingerprint density at radius 1 is 0.972 bits per heavy atom. The van der Waals surface area contributed by atoms with Crippen molar-refractivity contribution >= 4 is 23.5 Å². The normalized spacial score (nSPS) is 19.6. The average molecular weight is 508 g/mol. The van der Waals surface area contributed by atoms with Crippen molar-refractivity contribution in [1.29, 1.82) is 0 Å². The van der Waals surface area contributed by atoms with Crippen molar-refractivity contribution in [2.45, 2.75) is 49.9 Å². The second-order valence-corrected chi connectivity index (χ2v) is 9.72. The third kappa shape index (κ3) is 7.01. The van der Waals surface area contributed by atoms with E-state index in [-0.39, 0.29) is 24.8 Å². The summed E-state index contributed by atoms with van der Waals surface area (Å²) in [6.45, 7) is 2.92. The number of thioether (sulfide) groups is 1. The van der Waals surface area contributed by atoms with Crippen molar-refractivity contribution in [2.75, 3.05) is 18.0 Å². The van der Waals surface area contributed by atoms with E-state index in [1.54, 1.807) is 11.8 Å². The summed E-state index contributed by atoms with van der Waals surface area (Å²) in [5, 5.41) is 15.0. The van der Waals surface area contributed by atoms with Gasteiger partial charge in [0.1, 0.15) is 0 Å². The number of aliphatic hydroxyl groups is 1. The molecule has 3 unspecified atom stereocenters. The first kappa shape index (κ1) is 26.0. The van der Waals surface area contributed by atoms with Crippen LogP contribution in [0, 0.1) is 0 Å². The van der Waals surface area contributed by atoms with E-state index >= 15 is 0 Å². The highest BCUT2D eigenvalue weighted by Crippen LogP contribution is 2.40. The van der Waals surface area contributed by atoms with Crippen molar-refractivity contribution in [3.8, 4) is 0 Å². The molecule has 3 aromatic rings. The lowest BCUT2D eigenvalue weighted by Crippen LogP contribution is -2.34. The lowest BCUT2D eigenvalue weighted by molar-refractivity contribution is -0.245. The first-order chi connectivity index (χ1) is 17.6. The van der Waals surface area contributed by atoms with Crippen molar-refractivity contribution in [3.63, 3.8) is 0 Å². The van der Waals surface area contributed by atoms with E-state index in [1.165, 1.54) is 0 Å². The number of hydrogen-bond acceptors (Lipinski definition) is 6. The fourth-order valence-corrected chi connectivity index (χ4v) is 5.01. The zero-order valence-electron chi connectivity index (χ0n) is 20.4. The predicted molar refractivity (Wildman–Crippen MR) is 142 cm³/mol. The fourth-order valence-electron chi connectivity index (χ4n) is 4.02. The van der Waals surface area contributed by atoms with Crippen molar-refractivity contribution in [2.24, 2.45) is 0 Å². The van der Waals surface area contributed by atoms with E-state index in [2.05, 4.69) is 10.6 Å². The molecule has 1 saturated heterocycles. The second-order valence-electron chi connectivity index (χ2n) is 8.65. The lowest BCUT2D eigenvalue weighted by atomic mass is 10.0. The molecule has 8 heteroatoms. The van der Waals surface area contributed by atoms with E-state index in [0.29, 0.717) is 19.5 Å². The minimum atomic E-state index is -0.523. The van der Waals surface area contributed by atoms with Gasteiger partial charge >= 0.3 is 6.03 Å². The standard InChI is InChI=1S/C28H33N3O4S/c1-2-30-28(33)31-16-19-7-13-22(14-8-19)27-34-23(18-36-26-6-4-3-5-24(26)29)15-25(35-27)21-11-9-20(17-32)10-12-21/h3-14,23,25,27,32H,2,15-18,29H2,1H3,(H2,30,31,33). The van der Waals surface area contributed by atoms with Crippen LogP contribution in [0.15, 0.2) is 77.7 Å². The maximum Gasteiger partial charge on any atom is 0.315 e. The van der Waals surface area contributed by atoms with Crippen LogP contribution in [0.5, 0.6) is 0 Å². The van der Waals surface area contributed by atoms with Gasteiger partial charge in [-0.15, -0.1) is 11.8 Å². The number of nitrogens with two attached hydrogens (primary N) is 1. The van der Waals surface area contributed by atoms with Crippen LogP contribution in [-0.4, -0.2) is 29.5 Å². The van der Waals surface area contributed by atoms with Crippen LogP contribution < -0.4 is 16.4 Å². The predicted octanol–water partition coefficient (Wildman–Crippen LogP) is 4.92. The van der Waals surface area contributed by atoms with Gasteiger partial charge in [0.2, 0.25) is 0 Å². The Morgan fingerprint density at radius 3 is 2.36 bits per heavy atom. The molecule has 3 aromatic carbocycles. The summed E-state index contributed by atoms with van der Waals surface area (Å²) in [6, 6.07) is 23.4. The molecule has 190 valence electrons. The third-order valence-corrected chi connectivity index (χ3v) is 7.22. The number of nitrogen functional groups attached to an aromatic ring is 1. The molecule has 0 spiro atoms. The topological polar surface area (TPSA) is 106 Å². The van der Waals surface area contributed by atoms with Gasteiger partial charge < -0.3 is 30.9 Å². The molecule has 3 atom stereocenters. The van der Waals surface area contributed by atoms with E-state index < -0.39 is 6.29 Å². The van der Waals surface area contributed by atoms with E-state index in [1.807, 2.05) is 79.7 Å². The van der Waals surface area contributed by atoms with Crippen LogP contribution in [0.4, 0.5) is 10.5 Å². The molecular weight excluding hydrogens is 474 g/mol. The second kappa shape index (κ2) is 12.8. The minimum absolute atomic E-state index is 0.0105. The Bertz CT molecular complexity index is 1120. The van der Waals surface area contributed by atoms with Crippen molar-refractivity contribution in [1.82, 2.24) is 10.6 Å². The fraction of sp³-hybridized carbons (Fsp3) is 0.321. The Morgan fingerprint density at radius 2 is 1.67 bits per heavy atom. The van der Waals surface area contributed by atoms with Gasteiger partial charge in [0.05, 0.1) is 18.8 Å². The number of aliphatic hydroxyl groups excluding tert-OH is 1. The number of carbonyl (C=O) groups excluding carboxylic acids is 1. The molecule has 0 aliphatic carbocycles. The molecule has 0 aromatic heterocycles. The van der Waals surface area contributed by atoms with Gasteiger partial charge in [-0.3, -0.25) is 0 Å². The highest BCUT2D eigenvalue weighted by molar-refractivity contribution is 7.99. The van der Waals surface area contributed by atoms with Crippen LogP contribution in [0.1, 0.15) is 48.0 Å². The zero-order valence-corrected chi connectivity index (χ0v) is 21.2. The van der Waals surface area contributed by atoms with Crippen LogP contribution in [0.2, 0.25) is 0 Å². The zero-order chi connectivity index (χ0) is 25.3. The van der Waals surface area contributed by atoms with Crippen LogP contribution in [0.25, 0.3) is 0 Å². The molecule has 1 aliphatic rings. The molecule has 36 heavy (non-hydrogen) atoms. The Hall–Kier alpha value is -3.04. The molecule has 4 rings (SSSR count). The molecule has 7 nitrogen and oxygen atoms in total. The maximum absolute atomic E-state index is 11.7. The third-order valence-electron chi connectivity index (χ3n) is 6.00. The summed E-state index contributed by atoms with van der Waals surface area (Å²) in [6.07, 6.45) is -0.00173. The number of carbonyl (C=O) groups is 1. The number of para-hydroxylation sites is 1. The molecule has 1 aliphatic heterocycles. The Labute approximate surface area is 216 Å². The number of ether oxygens (including phenoxy) is 2. The van der Waals surface area contributed by atoms with Crippen LogP contribution in [-0.2, 0) is 22.6 Å². The summed E-state index contributed by atoms with van der Waals surface area (Å²) in [5.41, 5.74) is 10.7. The van der Waals surface area contributed by atoms with Gasteiger partial charge in [-0.05, 0) is 35.7 Å². The molecule has 2 amide bonds. The van der Waals surface area contributed by atoms with Gasteiger partial charge in [-0.1, -0.05) is 60.7 Å². The molecular formula is C28H33N3O4S. The Balaban J connectivity index is 1.47. The molecule has 1 heterocycles. The highest BCUT2D eigenvalue weighted by atomic mass is 32.2. The van der Waals surface area contributed by atoms with E-state index in [0.717, 1.165) is 38.6 Å². The average Bonchev–Trinajstić information content (AvgIpc) is 2.92. The summed E-state index contributed by atoms with van der Waals surface area (Å²) in [5.74, 6) is 0.744. The van der Waals surface area contributed by atoms with Crippen molar-refractivity contribution < 1.29 is 19.4 Å². The SMILES string of the molecule is CCNC(=O)NCc1ccc(C2OC(CSc3ccccc3N)CC(c3ccc(CO)cc3)O2)cc1. The number of hydrogen-bond donors (Lipinski definition) is 4. The van der Waals surface area contributed by atoms with Gasteiger partial charge in [0.15, 0.2) is 6.29 Å². The molecule has 1 fully saturated rings. The summed E-state index contributed by atoms with van der Waals surface area (Å²) < 4.78 is 12.8. The van der Waals surface area contributed by atoms with Crippen LogP contribution in [0.3, 0.4) is 0 Å². The highest BCUT2D eigenvalue weighted by Gasteiger charge is 2.32. The number of amides is 2. The van der Waals surface area contributed by atoms with E-state index in [4.69, 9.17) is 15.2 Å². The number of rotatable bonds is 9. The van der Waals surface area contributed by atoms with Gasteiger partial charge in [-0.25, -0.2) is 4.79 Å². The number of nitrogens with one attached hydrogen (secondary N) is 2. The van der Waals surface area contributed by atoms with Gasteiger partial charge in [0.25, 0.3) is 0 Å². The largest absolute Gasteiger partial charge is 0.398 e. The molecule has 5 N–H and O–H groups in total. The molecule has 0 saturated carbocycles. The Kier molecular flexibility index (Phi) is 9.24. The smallest absolute Gasteiger partial charge is 0.315 e. The van der Waals surface area contributed by atoms with Crippen molar-refractivity contribution in [3.05, 3.63) is 95.1 Å². The summed E-state index contributed by atoms with van der Waals surface area (Å²) in [4.78, 5) is 12.7. The van der Waals surface area contributed by atoms with Gasteiger partial charge in [0, 0.05) is 41.4 Å². The number of anilines is 1. The molecule has 0 radical (unpaired) electrons. The van der Waals surface area contributed by atoms with Gasteiger partial charge in [-0.2, -0.15) is 0 Å². The number of benzene rings is 3. The number of urea groups is 1. The first-order valence-electron chi connectivity index (χ1n) is 12.1. The maximum atomic E-state index is 11.7. The first-order valence-corrected chi connectivity index (χ1v) is 13.1. The summed E-state index contributed by atoms with van der Waals surface area (Å²) in [7, 11) is 0. The monoisotopic (exact) mass is 507 g/mol. The van der Waals surface area contributed by atoms with Crippen LogP contribution >= 0.6 is 11.8 Å². The van der Waals surface area contributed by atoms with E-state index in [9.17, 15) is 9.90 Å². The quantitative estimate of drug-likeness (QED) is 0.242. The molecule has 0 bridgehead atoms. The summed E-state index contributed by atoms with van der Waals surface area (Å²) >= 11 is 1.69. The lowest BCUT2D eigenvalue weighted by Gasteiger charge is -2.36.